The molecule has 0 saturated carbocycles. The zero-order valence-corrected chi connectivity index (χ0v) is 12.3. The van der Waals surface area contributed by atoms with Crippen molar-refractivity contribution in [3.8, 4) is 0 Å². The molecule has 1 aromatic carbocycles. The maximum atomic E-state index is 11.9. The summed E-state index contributed by atoms with van der Waals surface area (Å²) in [5.41, 5.74) is 0.680. The molecule has 3 nitrogen and oxygen atoms in total. The van der Waals surface area contributed by atoms with Crippen LogP contribution in [0.2, 0.25) is 4.34 Å². The van der Waals surface area contributed by atoms with E-state index in [1.54, 1.807) is 36.4 Å². The first-order valence-electron chi connectivity index (χ1n) is 5.49. The molecule has 0 aliphatic heterocycles. The van der Waals surface area contributed by atoms with Gasteiger partial charge in [-0.05, 0) is 17.7 Å². The molecule has 19 heavy (non-hydrogen) atoms. The molecule has 2 aromatic rings. The number of Topliss-reactive ketones (excluding diaryl/α,β-unsaturated/α-hetero) is 1. The Hall–Kier alpha value is -1.17. The van der Waals surface area contributed by atoms with Crippen LogP contribution in [-0.4, -0.2) is 20.0 Å². The molecule has 0 fully saturated rings. The Labute approximate surface area is 120 Å². The van der Waals surface area contributed by atoms with Crippen LogP contribution in [0.1, 0.15) is 15.2 Å². The third-order valence-electron chi connectivity index (χ3n) is 2.43. The summed E-state index contributed by atoms with van der Waals surface area (Å²) in [5, 5.41) is 0. The molecule has 0 unspecified atom stereocenters. The van der Waals surface area contributed by atoms with E-state index in [1.807, 2.05) is 6.07 Å². The standard InChI is InChI=1S/C13H11ClO3S2/c14-13-7-6-12(18-13)11(15)9-19(16,17)8-10-4-2-1-3-5-10/h1-7H,8-9H2. The first kappa shape index (κ1) is 14.2. The molecule has 0 bridgehead atoms. The van der Waals surface area contributed by atoms with Crippen molar-refractivity contribution in [3.05, 3.63) is 57.2 Å². The Bertz CT molecular complexity index is 675. The van der Waals surface area contributed by atoms with E-state index in [1.165, 1.54) is 0 Å². The van der Waals surface area contributed by atoms with Gasteiger partial charge in [0.1, 0.15) is 5.75 Å². The smallest absolute Gasteiger partial charge is 0.187 e. The number of rotatable bonds is 5. The lowest BCUT2D eigenvalue weighted by atomic mass is 10.2. The number of sulfone groups is 1. The number of thiophene rings is 1. The van der Waals surface area contributed by atoms with Crippen LogP contribution in [-0.2, 0) is 15.6 Å². The molecular weight excluding hydrogens is 304 g/mol. The third kappa shape index (κ3) is 4.16. The highest BCUT2D eigenvalue weighted by Crippen LogP contribution is 2.22. The first-order chi connectivity index (χ1) is 8.96. The lowest BCUT2D eigenvalue weighted by Gasteiger charge is -2.03. The van der Waals surface area contributed by atoms with Crippen LogP contribution in [0.15, 0.2) is 42.5 Å². The molecule has 0 aliphatic rings. The van der Waals surface area contributed by atoms with E-state index in [0.29, 0.717) is 14.8 Å². The van der Waals surface area contributed by atoms with Gasteiger partial charge in [0.25, 0.3) is 0 Å². The molecule has 0 saturated heterocycles. The van der Waals surface area contributed by atoms with Gasteiger partial charge < -0.3 is 0 Å². The normalized spacial score (nSPS) is 11.4. The zero-order valence-electron chi connectivity index (χ0n) is 9.87. The topological polar surface area (TPSA) is 51.2 Å². The van der Waals surface area contributed by atoms with Gasteiger partial charge in [0.2, 0.25) is 0 Å². The summed E-state index contributed by atoms with van der Waals surface area (Å²) in [7, 11) is -3.46. The minimum Gasteiger partial charge on any atom is -0.292 e. The van der Waals surface area contributed by atoms with E-state index in [4.69, 9.17) is 11.6 Å². The summed E-state index contributed by atoms with van der Waals surface area (Å²) in [6, 6.07) is 11.9. The van der Waals surface area contributed by atoms with Gasteiger partial charge in [0.15, 0.2) is 15.6 Å². The van der Waals surface area contributed by atoms with Crippen molar-refractivity contribution >= 4 is 38.6 Å². The molecule has 0 radical (unpaired) electrons. The van der Waals surface area contributed by atoms with Crippen LogP contribution >= 0.6 is 22.9 Å². The molecule has 1 heterocycles. The highest BCUT2D eigenvalue weighted by atomic mass is 35.5. The van der Waals surface area contributed by atoms with Gasteiger partial charge in [-0.2, -0.15) is 0 Å². The van der Waals surface area contributed by atoms with Crippen molar-refractivity contribution in [3.63, 3.8) is 0 Å². The fourth-order valence-corrected chi connectivity index (χ4v) is 4.04. The van der Waals surface area contributed by atoms with E-state index < -0.39 is 21.4 Å². The quantitative estimate of drug-likeness (QED) is 0.796. The number of ketones is 1. The van der Waals surface area contributed by atoms with Gasteiger partial charge in [-0.1, -0.05) is 41.9 Å². The molecule has 0 atom stereocenters. The van der Waals surface area contributed by atoms with Crippen LogP contribution in [0.3, 0.4) is 0 Å². The van der Waals surface area contributed by atoms with E-state index in [9.17, 15) is 13.2 Å². The molecule has 100 valence electrons. The number of carbonyl (C=O) groups is 1. The Kier molecular flexibility index (Phi) is 4.39. The summed E-state index contributed by atoms with van der Waals surface area (Å²) >= 11 is 6.82. The van der Waals surface area contributed by atoms with Crippen molar-refractivity contribution in [2.45, 2.75) is 5.75 Å². The van der Waals surface area contributed by atoms with Gasteiger partial charge >= 0.3 is 0 Å². The maximum Gasteiger partial charge on any atom is 0.187 e. The number of hydrogen-bond donors (Lipinski definition) is 0. The monoisotopic (exact) mass is 314 g/mol. The van der Waals surface area contributed by atoms with Crippen molar-refractivity contribution in [1.82, 2.24) is 0 Å². The van der Waals surface area contributed by atoms with Crippen LogP contribution in [0, 0.1) is 0 Å². The van der Waals surface area contributed by atoms with Crippen LogP contribution in [0.5, 0.6) is 0 Å². The van der Waals surface area contributed by atoms with Crippen molar-refractivity contribution in [2.24, 2.45) is 0 Å². The molecule has 0 spiro atoms. The van der Waals surface area contributed by atoms with Crippen LogP contribution < -0.4 is 0 Å². The number of carbonyl (C=O) groups excluding carboxylic acids is 1. The van der Waals surface area contributed by atoms with E-state index >= 15 is 0 Å². The van der Waals surface area contributed by atoms with Crippen molar-refractivity contribution in [1.29, 1.82) is 0 Å². The largest absolute Gasteiger partial charge is 0.292 e. The number of halogens is 1. The average molecular weight is 315 g/mol. The van der Waals surface area contributed by atoms with E-state index in [2.05, 4.69) is 0 Å². The molecule has 6 heteroatoms. The number of hydrogen-bond acceptors (Lipinski definition) is 4. The van der Waals surface area contributed by atoms with E-state index in [0.717, 1.165) is 11.3 Å². The summed E-state index contributed by atoms with van der Waals surface area (Å²) in [6.07, 6.45) is 0. The van der Waals surface area contributed by atoms with E-state index in [-0.39, 0.29) is 5.75 Å². The molecule has 0 aliphatic carbocycles. The van der Waals surface area contributed by atoms with Crippen LogP contribution in [0.4, 0.5) is 0 Å². The van der Waals surface area contributed by atoms with Crippen LogP contribution in [0.25, 0.3) is 0 Å². The minimum atomic E-state index is -3.46. The number of benzene rings is 1. The summed E-state index contributed by atoms with van der Waals surface area (Å²) in [5.74, 6) is -1.02. The first-order valence-corrected chi connectivity index (χ1v) is 8.51. The highest BCUT2D eigenvalue weighted by Gasteiger charge is 2.19. The second-order valence-electron chi connectivity index (χ2n) is 4.04. The Morgan fingerprint density at radius 3 is 2.37 bits per heavy atom. The lowest BCUT2D eigenvalue weighted by molar-refractivity contribution is 0.102. The van der Waals surface area contributed by atoms with Crippen molar-refractivity contribution in [2.75, 3.05) is 5.75 Å². The second kappa shape index (κ2) is 5.86. The molecular formula is C13H11ClO3S2. The predicted molar refractivity (Wildman–Crippen MR) is 77.6 cm³/mol. The highest BCUT2D eigenvalue weighted by molar-refractivity contribution is 7.91. The summed E-state index contributed by atoms with van der Waals surface area (Å²) in [6.45, 7) is 0. The predicted octanol–water partition coefficient (Wildman–Crippen LogP) is 3.20. The molecule has 2 rings (SSSR count). The summed E-state index contributed by atoms with van der Waals surface area (Å²) < 4.78 is 24.4. The molecule has 0 N–H and O–H groups in total. The third-order valence-corrected chi connectivity index (χ3v) is 5.18. The summed E-state index contributed by atoms with van der Waals surface area (Å²) in [4.78, 5) is 12.2. The van der Waals surface area contributed by atoms with Gasteiger partial charge in [-0.3, -0.25) is 4.79 Å². The average Bonchev–Trinajstić information content (AvgIpc) is 2.76. The fraction of sp³-hybridized carbons (Fsp3) is 0.154. The Morgan fingerprint density at radius 2 is 1.79 bits per heavy atom. The minimum absolute atomic E-state index is 0.126. The second-order valence-corrected chi connectivity index (χ2v) is 7.82. The van der Waals surface area contributed by atoms with Gasteiger partial charge in [0, 0.05) is 0 Å². The molecule has 0 amide bonds. The lowest BCUT2D eigenvalue weighted by Crippen LogP contribution is -2.17. The Balaban J connectivity index is 2.07. The van der Waals surface area contributed by atoms with Gasteiger partial charge in [-0.15, -0.1) is 11.3 Å². The maximum absolute atomic E-state index is 11.9. The zero-order chi connectivity index (χ0) is 13.9. The van der Waals surface area contributed by atoms with Gasteiger partial charge in [0.05, 0.1) is 15.0 Å². The molecule has 1 aromatic heterocycles. The van der Waals surface area contributed by atoms with Crippen molar-refractivity contribution < 1.29 is 13.2 Å². The SMILES string of the molecule is O=C(CS(=O)(=O)Cc1ccccc1)c1ccc(Cl)s1. The Morgan fingerprint density at radius 1 is 1.11 bits per heavy atom. The fourth-order valence-electron chi connectivity index (χ4n) is 1.61. The van der Waals surface area contributed by atoms with Gasteiger partial charge in [-0.25, -0.2) is 8.42 Å².